The third-order valence-corrected chi connectivity index (χ3v) is 13.5. The summed E-state index contributed by atoms with van der Waals surface area (Å²) in [5, 5.41) is 3.04. The van der Waals surface area contributed by atoms with Crippen LogP contribution in [0.5, 0.6) is 5.75 Å². The van der Waals surface area contributed by atoms with Crippen molar-refractivity contribution in [3.05, 3.63) is 125 Å². The van der Waals surface area contributed by atoms with Gasteiger partial charge >= 0.3 is 6.09 Å². The molecule has 1 N–H and O–H groups in total. The number of piperidine rings is 1. The quantitative estimate of drug-likeness (QED) is 0.0819. The summed E-state index contributed by atoms with van der Waals surface area (Å²) < 4.78 is 66.3. The van der Waals surface area contributed by atoms with E-state index in [-0.39, 0.29) is 36.5 Å². The van der Waals surface area contributed by atoms with Crippen molar-refractivity contribution in [3.8, 4) is 5.75 Å². The predicted octanol–water partition coefficient (Wildman–Crippen LogP) is 8.26. The molecule has 13 heteroatoms. The highest BCUT2D eigenvalue weighted by molar-refractivity contribution is 7.89. The van der Waals surface area contributed by atoms with Gasteiger partial charge in [-0.3, -0.25) is 0 Å². The van der Waals surface area contributed by atoms with Gasteiger partial charge < -0.3 is 38.6 Å². The molecule has 0 aliphatic carbocycles. The van der Waals surface area contributed by atoms with Crippen molar-refractivity contribution in [1.29, 1.82) is 0 Å². The maximum atomic E-state index is 14.8. The molecule has 2 aliphatic heterocycles. The van der Waals surface area contributed by atoms with Crippen molar-refractivity contribution in [1.82, 2.24) is 9.62 Å². The number of amides is 1. The lowest BCUT2D eigenvalue weighted by Crippen LogP contribution is -2.56. The van der Waals surface area contributed by atoms with Gasteiger partial charge in [-0.1, -0.05) is 85.3 Å². The SMILES string of the molecule is COCCCN1CCOc2ccc(CO[C@H]3CN(S(=O)(=O)c4ccc(C)cc4)[C@@H](CC(C)(C)NC(=O)OCc4ccccc4)C[C@@H]3c3ccc(COC[C@@H](C)COC)cc3)cc21. The number of carbonyl (C=O) groups excluding carboxylic acids is 1. The number of ether oxygens (including phenoxy) is 6. The van der Waals surface area contributed by atoms with Crippen molar-refractivity contribution in [2.45, 2.75) is 95.3 Å². The first-order valence-electron chi connectivity index (χ1n) is 21.7. The number of hydrogen-bond donors (Lipinski definition) is 1. The fourth-order valence-corrected chi connectivity index (χ4v) is 10.00. The number of alkyl carbamates (subject to hydrolysis) is 1. The summed E-state index contributed by atoms with van der Waals surface area (Å²) in [6.45, 7) is 13.0. The number of fused-ring (bicyclic) bond motifs is 1. The lowest BCUT2D eigenvalue weighted by Gasteiger charge is -2.45. The molecule has 2 aliphatic rings. The van der Waals surface area contributed by atoms with Crippen LogP contribution in [0, 0.1) is 12.8 Å². The van der Waals surface area contributed by atoms with Crippen LogP contribution in [0.2, 0.25) is 0 Å². The van der Waals surface area contributed by atoms with E-state index in [1.54, 1.807) is 30.7 Å². The molecule has 1 saturated heterocycles. The second kappa shape index (κ2) is 22.2. The van der Waals surface area contributed by atoms with Crippen LogP contribution in [-0.2, 0) is 53.5 Å². The summed E-state index contributed by atoms with van der Waals surface area (Å²) in [6, 6.07) is 30.5. The Kier molecular flexibility index (Phi) is 16.8. The lowest BCUT2D eigenvalue weighted by atomic mass is 9.80. The fourth-order valence-electron chi connectivity index (χ4n) is 8.35. The Labute approximate surface area is 368 Å². The second-order valence-corrected chi connectivity index (χ2v) is 19.2. The largest absolute Gasteiger partial charge is 0.490 e. The van der Waals surface area contributed by atoms with Gasteiger partial charge in [0.15, 0.2) is 0 Å². The van der Waals surface area contributed by atoms with Gasteiger partial charge in [-0.2, -0.15) is 4.31 Å². The van der Waals surface area contributed by atoms with Crippen LogP contribution in [-0.4, -0.2) is 96.8 Å². The van der Waals surface area contributed by atoms with Gasteiger partial charge in [-0.25, -0.2) is 13.2 Å². The zero-order valence-corrected chi connectivity index (χ0v) is 38.0. The van der Waals surface area contributed by atoms with E-state index in [0.29, 0.717) is 45.9 Å². The van der Waals surface area contributed by atoms with Crippen LogP contribution in [0.1, 0.15) is 73.8 Å². The van der Waals surface area contributed by atoms with Gasteiger partial charge in [-0.05, 0) is 86.6 Å². The molecule has 0 spiro atoms. The number of aryl methyl sites for hydroxylation is 1. The highest BCUT2D eigenvalue weighted by Gasteiger charge is 2.45. The van der Waals surface area contributed by atoms with Crippen LogP contribution in [0.25, 0.3) is 0 Å². The number of anilines is 1. The molecular formula is C49H65N3O9S. The number of benzene rings is 4. The average Bonchev–Trinajstić information content (AvgIpc) is 3.25. The lowest BCUT2D eigenvalue weighted by molar-refractivity contribution is -0.0235. The molecule has 4 aromatic carbocycles. The molecule has 0 unspecified atom stereocenters. The summed E-state index contributed by atoms with van der Waals surface area (Å²) in [5.41, 5.74) is 5.07. The molecule has 1 amide bonds. The van der Waals surface area contributed by atoms with Crippen LogP contribution < -0.4 is 15.0 Å². The van der Waals surface area contributed by atoms with Gasteiger partial charge in [0.2, 0.25) is 10.0 Å². The van der Waals surface area contributed by atoms with E-state index < -0.39 is 33.8 Å². The van der Waals surface area contributed by atoms with E-state index in [0.717, 1.165) is 58.8 Å². The highest BCUT2D eigenvalue weighted by atomic mass is 32.2. The van der Waals surface area contributed by atoms with E-state index in [4.69, 9.17) is 28.4 Å². The maximum Gasteiger partial charge on any atom is 0.407 e. The van der Waals surface area contributed by atoms with Gasteiger partial charge in [0.25, 0.3) is 0 Å². The van der Waals surface area contributed by atoms with E-state index in [1.807, 2.05) is 75.4 Å². The average molecular weight is 872 g/mol. The minimum atomic E-state index is -4.00. The summed E-state index contributed by atoms with van der Waals surface area (Å²) >= 11 is 0. The zero-order valence-electron chi connectivity index (χ0n) is 37.2. The van der Waals surface area contributed by atoms with Crippen molar-refractivity contribution >= 4 is 21.8 Å². The molecule has 12 nitrogen and oxygen atoms in total. The number of rotatable bonds is 21. The van der Waals surface area contributed by atoms with Gasteiger partial charge in [-0.15, -0.1) is 0 Å². The topological polar surface area (TPSA) is 125 Å². The van der Waals surface area contributed by atoms with Gasteiger partial charge in [0, 0.05) is 57.3 Å². The molecule has 2 heterocycles. The molecule has 6 rings (SSSR count). The molecule has 1 fully saturated rings. The van der Waals surface area contributed by atoms with E-state index in [2.05, 4.69) is 47.5 Å². The van der Waals surface area contributed by atoms with Crippen molar-refractivity contribution in [2.75, 3.05) is 65.2 Å². The van der Waals surface area contributed by atoms with Crippen LogP contribution in [0.4, 0.5) is 10.5 Å². The summed E-state index contributed by atoms with van der Waals surface area (Å²) in [5.74, 6) is 0.943. The normalized spacial score (nSPS) is 18.7. The second-order valence-electron chi connectivity index (χ2n) is 17.3. The van der Waals surface area contributed by atoms with Gasteiger partial charge in [0.1, 0.15) is 19.0 Å². The first-order chi connectivity index (χ1) is 29.8. The Morgan fingerprint density at radius 1 is 0.887 bits per heavy atom. The Balaban J connectivity index is 1.28. The smallest absolute Gasteiger partial charge is 0.407 e. The van der Waals surface area contributed by atoms with Crippen molar-refractivity contribution in [2.24, 2.45) is 5.92 Å². The predicted molar refractivity (Wildman–Crippen MR) is 241 cm³/mol. The molecule has 0 aromatic heterocycles. The number of hydrogen-bond acceptors (Lipinski definition) is 10. The highest BCUT2D eigenvalue weighted by Crippen LogP contribution is 2.40. The Hall–Kier alpha value is -4.50. The minimum absolute atomic E-state index is 0.111. The third kappa shape index (κ3) is 13.0. The van der Waals surface area contributed by atoms with Crippen LogP contribution in [0.3, 0.4) is 0 Å². The van der Waals surface area contributed by atoms with Crippen LogP contribution in [0.15, 0.2) is 102 Å². The summed E-state index contributed by atoms with van der Waals surface area (Å²) in [6.07, 6.45) is 0.612. The first-order valence-corrected chi connectivity index (χ1v) is 23.1. The summed E-state index contributed by atoms with van der Waals surface area (Å²) in [4.78, 5) is 15.7. The maximum absolute atomic E-state index is 14.8. The van der Waals surface area contributed by atoms with E-state index in [1.165, 1.54) is 0 Å². The molecule has 0 saturated carbocycles. The number of nitrogens with zero attached hydrogens (tertiary/aromatic N) is 2. The fraction of sp³-hybridized carbons (Fsp3) is 0.490. The molecule has 4 atom stereocenters. The monoisotopic (exact) mass is 871 g/mol. The van der Waals surface area contributed by atoms with Crippen molar-refractivity contribution < 1.29 is 41.6 Å². The van der Waals surface area contributed by atoms with Gasteiger partial charge in [0.05, 0.1) is 49.7 Å². The van der Waals surface area contributed by atoms with Crippen LogP contribution >= 0.6 is 0 Å². The van der Waals surface area contributed by atoms with E-state index >= 15 is 0 Å². The number of nitrogens with one attached hydrogen (secondary N) is 1. The minimum Gasteiger partial charge on any atom is -0.490 e. The number of methoxy groups -OCH3 is 2. The standard InChI is InChI=1S/C49H65N3O9S/c1-36-13-20-43(21-14-36)62(54,55)52-30-47(60-35-40-17-22-46-45(27-40)51(24-26-59-46)23-10-25-56-5)44(41-18-15-39(16-19-41)33-58-32-37(2)31-57-6)28-42(52)29-49(3,4)50-48(53)61-34-38-11-8-7-9-12-38/h7-9,11-22,27,37,42,44,47H,10,23-26,28-35H2,1-6H3,(H,50,53)/t37-,42+,44+,47-/m0/s1. The Morgan fingerprint density at radius 3 is 2.34 bits per heavy atom. The number of carbonyl (C=O) groups is 1. The third-order valence-electron chi connectivity index (χ3n) is 11.5. The molecule has 0 radical (unpaired) electrons. The zero-order chi connectivity index (χ0) is 44.1. The number of sulfonamides is 1. The molecular weight excluding hydrogens is 807 g/mol. The molecule has 336 valence electrons. The molecule has 0 bridgehead atoms. The molecule has 4 aromatic rings. The van der Waals surface area contributed by atoms with E-state index in [9.17, 15) is 13.2 Å². The summed E-state index contributed by atoms with van der Waals surface area (Å²) in [7, 11) is -0.596. The van der Waals surface area contributed by atoms with Crippen molar-refractivity contribution in [3.63, 3.8) is 0 Å². The first kappa shape index (κ1) is 47.0. The molecule has 62 heavy (non-hydrogen) atoms. The Morgan fingerprint density at radius 2 is 1.61 bits per heavy atom. The Bertz CT molecular complexity index is 2120.